The Balaban J connectivity index is 3.02. The fraction of sp³-hybridized carbons (Fsp3) is 1.00. The first-order valence-corrected chi connectivity index (χ1v) is 2.16. The average Bonchev–Trinajstić information content (AvgIpc) is 0.722. The maximum absolute atomic E-state index is 11.1. The number of rotatable bonds is 0. The summed E-state index contributed by atoms with van der Waals surface area (Å²) in [5.74, 6) is 0. The number of hydrogen-bond donors (Lipinski definition) is 0. The minimum absolute atomic E-state index is 0.952. The Hall–Kier alpha value is 0.620. The molecule has 0 aliphatic rings. The standard InChI is InChI=1S/C2H3FIO/c1-2(3,4)5/h1H3. The molecule has 0 amide bonds. The first kappa shape index (κ1) is 5.62. The lowest BCUT2D eigenvalue weighted by Gasteiger charge is -1.91. The van der Waals surface area contributed by atoms with Gasteiger partial charge in [-0.1, -0.05) is 0 Å². The Morgan fingerprint density at radius 2 is 2.00 bits per heavy atom. The Morgan fingerprint density at radius 3 is 2.00 bits per heavy atom. The van der Waals surface area contributed by atoms with E-state index in [1.165, 1.54) is 0 Å². The van der Waals surface area contributed by atoms with Crippen LogP contribution >= 0.6 is 22.6 Å². The first-order chi connectivity index (χ1) is 2.00. The van der Waals surface area contributed by atoms with Crippen LogP contribution in [0.5, 0.6) is 0 Å². The molecule has 0 aromatic heterocycles. The van der Waals surface area contributed by atoms with Crippen LogP contribution in [0.2, 0.25) is 0 Å². The smallest absolute Gasteiger partial charge is 0.198 e. The minimum Gasteiger partial charge on any atom is -0.198 e. The SMILES string of the molecule is CC([O])(F)I. The van der Waals surface area contributed by atoms with E-state index < -0.39 is 3.86 Å². The molecule has 0 bridgehead atoms. The van der Waals surface area contributed by atoms with Crippen molar-refractivity contribution < 1.29 is 9.50 Å². The first-order valence-electron chi connectivity index (χ1n) is 1.08. The van der Waals surface area contributed by atoms with E-state index in [1.807, 2.05) is 0 Å². The predicted molar refractivity (Wildman–Crippen MR) is 24.2 cm³/mol. The number of hydrogen-bond acceptors (Lipinski definition) is 0. The van der Waals surface area contributed by atoms with Gasteiger partial charge in [-0.3, -0.25) is 0 Å². The van der Waals surface area contributed by atoms with Gasteiger partial charge in [0.05, 0.1) is 0 Å². The molecule has 31 valence electrons. The molecular formula is C2H3FIO. The van der Waals surface area contributed by atoms with Crippen molar-refractivity contribution in [3.8, 4) is 0 Å². The van der Waals surface area contributed by atoms with E-state index in [1.54, 1.807) is 0 Å². The van der Waals surface area contributed by atoms with Crippen molar-refractivity contribution in [2.24, 2.45) is 0 Å². The molecule has 1 atom stereocenters. The van der Waals surface area contributed by atoms with Crippen molar-refractivity contribution in [3.63, 3.8) is 0 Å². The monoisotopic (exact) mass is 189 g/mol. The fourth-order valence-electron chi connectivity index (χ4n) is 0. The number of halogens is 2. The van der Waals surface area contributed by atoms with Gasteiger partial charge in [0, 0.05) is 6.92 Å². The summed E-state index contributed by atoms with van der Waals surface area (Å²) in [6.45, 7) is 0.952. The molecule has 0 aromatic carbocycles. The molecule has 0 fully saturated rings. The predicted octanol–water partition coefficient (Wildman–Crippen LogP) is 1.50. The topological polar surface area (TPSA) is 19.9 Å². The van der Waals surface area contributed by atoms with Crippen molar-refractivity contribution in [2.45, 2.75) is 10.8 Å². The molecule has 3 heteroatoms. The third kappa shape index (κ3) is 82.5. The molecule has 0 N–H and O–H groups in total. The molecule has 0 rings (SSSR count). The summed E-state index contributed by atoms with van der Waals surface area (Å²) in [7, 11) is 0. The van der Waals surface area contributed by atoms with Gasteiger partial charge in [-0.25, -0.2) is 0 Å². The van der Waals surface area contributed by atoms with Gasteiger partial charge in [-0.2, -0.15) is 9.50 Å². The molecule has 0 heterocycles. The van der Waals surface area contributed by atoms with Crippen molar-refractivity contribution in [3.05, 3.63) is 0 Å². The second kappa shape index (κ2) is 1.38. The third-order valence-electron chi connectivity index (χ3n) is 0. The number of alkyl halides is 2. The molecule has 0 aliphatic carbocycles. The van der Waals surface area contributed by atoms with Gasteiger partial charge in [0.25, 0.3) is 3.86 Å². The van der Waals surface area contributed by atoms with Gasteiger partial charge in [0.1, 0.15) is 0 Å². The Kier molecular flexibility index (Phi) is 1.55. The summed E-state index contributed by atoms with van der Waals surface area (Å²) in [5, 5.41) is 9.42. The van der Waals surface area contributed by atoms with Crippen molar-refractivity contribution in [2.75, 3.05) is 0 Å². The Labute approximate surface area is 43.3 Å². The van der Waals surface area contributed by atoms with E-state index in [0.717, 1.165) is 29.5 Å². The highest BCUT2D eigenvalue weighted by atomic mass is 127. The summed E-state index contributed by atoms with van der Waals surface area (Å²) in [6.07, 6.45) is 0. The minimum atomic E-state index is -2.28. The van der Waals surface area contributed by atoms with Crippen molar-refractivity contribution in [1.82, 2.24) is 0 Å². The Bertz CT molecular complexity index is 25.1. The second-order valence-corrected chi connectivity index (χ2v) is 2.73. The summed E-state index contributed by atoms with van der Waals surface area (Å²) >= 11 is 1.16. The van der Waals surface area contributed by atoms with Crippen LogP contribution in [0.3, 0.4) is 0 Å². The summed E-state index contributed by atoms with van der Waals surface area (Å²) in [5.41, 5.74) is 0. The van der Waals surface area contributed by atoms with E-state index in [0.29, 0.717) is 0 Å². The van der Waals surface area contributed by atoms with Crippen LogP contribution in [-0.2, 0) is 5.11 Å². The quantitative estimate of drug-likeness (QED) is 0.406. The molecule has 0 aliphatic heterocycles. The lowest BCUT2D eigenvalue weighted by atomic mass is 10.8. The van der Waals surface area contributed by atoms with Crippen LogP contribution < -0.4 is 0 Å². The van der Waals surface area contributed by atoms with E-state index >= 15 is 0 Å². The van der Waals surface area contributed by atoms with Crippen molar-refractivity contribution >= 4 is 22.6 Å². The van der Waals surface area contributed by atoms with Crippen LogP contribution in [0.25, 0.3) is 0 Å². The fourth-order valence-corrected chi connectivity index (χ4v) is 0. The van der Waals surface area contributed by atoms with Gasteiger partial charge in [-0.05, 0) is 22.6 Å². The van der Waals surface area contributed by atoms with E-state index in [2.05, 4.69) is 0 Å². The molecule has 5 heavy (non-hydrogen) atoms. The van der Waals surface area contributed by atoms with Crippen LogP contribution in [-0.4, -0.2) is 3.86 Å². The molecule has 1 unspecified atom stereocenters. The highest BCUT2D eigenvalue weighted by Crippen LogP contribution is 2.13. The lowest BCUT2D eigenvalue weighted by Crippen LogP contribution is -1.98. The van der Waals surface area contributed by atoms with Crippen molar-refractivity contribution in [1.29, 1.82) is 0 Å². The maximum Gasteiger partial charge on any atom is 0.287 e. The summed E-state index contributed by atoms with van der Waals surface area (Å²) in [6, 6.07) is 0. The molecular weight excluding hydrogens is 186 g/mol. The largest absolute Gasteiger partial charge is 0.287 e. The van der Waals surface area contributed by atoms with Crippen LogP contribution in [0.15, 0.2) is 0 Å². The van der Waals surface area contributed by atoms with Gasteiger partial charge in [-0.15, -0.1) is 0 Å². The van der Waals surface area contributed by atoms with Gasteiger partial charge < -0.3 is 0 Å². The Morgan fingerprint density at radius 1 is 2.00 bits per heavy atom. The molecule has 0 aromatic rings. The zero-order valence-electron chi connectivity index (χ0n) is 2.66. The highest BCUT2D eigenvalue weighted by Gasteiger charge is 2.11. The van der Waals surface area contributed by atoms with E-state index in [9.17, 15) is 9.50 Å². The van der Waals surface area contributed by atoms with Gasteiger partial charge >= 0.3 is 0 Å². The zero-order chi connectivity index (χ0) is 4.50. The molecule has 0 spiro atoms. The second-order valence-electron chi connectivity index (χ2n) is 0.808. The normalized spacial score (nSPS) is 21.6. The van der Waals surface area contributed by atoms with Crippen LogP contribution in [0, 0.1) is 0 Å². The summed E-state index contributed by atoms with van der Waals surface area (Å²) in [4.78, 5) is 0. The summed E-state index contributed by atoms with van der Waals surface area (Å²) < 4.78 is 8.84. The molecule has 1 radical (unpaired) electrons. The maximum atomic E-state index is 11.1. The van der Waals surface area contributed by atoms with Crippen LogP contribution in [0.4, 0.5) is 4.39 Å². The lowest BCUT2D eigenvalue weighted by molar-refractivity contribution is -0.0235. The molecule has 0 saturated carbocycles. The van der Waals surface area contributed by atoms with E-state index in [4.69, 9.17) is 0 Å². The van der Waals surface area contributed by atoms with Crippen LogP contribution in [0.1, 0.15) is 6.92 Å². The highest BCUT2D eigenvalue weighted by molar-refractivity contribution is 14.1. The van der Waals surface area contributed by atoms with Gasteiger partial charge in [0.15, 0.2) is 0 Å². The third-order valence-corrected chi connectivity index (χ3v) is 0. The molecule has 1 nitrogen and oxygen atoms in total. The van der Waals surface area contributed by atoms with E-state index in [-0.39, 0.29) is 0 Å². The average molecular weight is 189 g/mol. The van der Waals surface area contributed by atoms with Gasteiger partial charge in [0.2, 0.25) is 0 Å². The molecule has 0 saturated heterocycles. The zero-order valence-corrected chi connectivity index (χ0v) is 4.82.